The Morgan fingerprint density at radius 2 is 2.04 bits per heavy atom. The van der Waals surface area contributed by atoms with Gasteiger partial charge in [0, 0.05) is 25.8 Å². The smallest absolute Gasteiger partial charge is 0.315 e. The molecule has 2 fully saturated rings. The zero-order valence-corrected chi connectivity index (χ0v) is 15.5. The van der Waals surface area contributed by atoms with Crippen LogP contribution >= 0.6 is 0 Å². The van der Waals surface area contributed by atoms with Crippen molar-refractivity contribution in [1.82, 2.24) is 10.6 Å². The Kier molecular flexibility index (Phi) is 7.82. The van der Waals surface area contributed by atoms with Gasteiger partial charge in [0.05, 0.1) is 5.60 Å². The standard InChI is InChI=1S/C19H36N2O3/c1-15(2)12-16(6-10-22)14-20-18(23)21-17-7-11-24-19(13-17)8-4-3-5-9-19/h15-17,22H,3-14H2,1-2H3,(H2,20,21,23). The van der Waals surface area contributed by atoms with E-state index < -0.39 is 0 Å². The maximum absolute atomic E-state index is 12.3. The Labute approximate surface area is 146 Å². The highest BCUT2D eigenvalue weighted by atomic mass is 16.5. The Balaban J connectivity index is 1.74. The number of amides is 2. The second-order valence-electron chi connectivity index (χ2n) is 8.14. The molecular formula is C19H36N2O3. The molecule has 2 amide bonds. The molecule has 1 spiro atoms. The fraction of sp³-hybridized carbons (Fsp3) is 0.947. The molecule has 2 atom stereocenters. The third kappa shape index (κ3) is 6.25. The van der Waals surface area contributed by atoms with Crippen LogP contribution in [0.1, 0.15) is 71.6 Å². The van der Waals surface area contributed by atoms with E-state index in [9.17, 15) is 9.90 Å². The summed E-state index contributed by atoms with van der Waals surface area (Å²) < 4.78 is 6.09. The van der Waals surface area contributed by atoms with Gasteiger partial charge in [0.1, 0.15) is 0 Å². The summed E-state index contributed by atoms with van der Waals surface area (Å²) >= 11 is 0. The summed E-state index contributed by atoms with van der Waals surface area (Å²) in [5.41, 5.74) is 0.0194. The third-order valence-electron chi connectivity index (χ3n) is 5.49. The van der Waals surface area contributed by atoms with Crippen LogP contribution in [0.25, 0.3) is 0 Å². The Bertz CT molecular complexity index is 375. The number of aliphatic hydroxyl groups excluding tert-OH is 1. The molecule has 0 aromatic rings. The number of carbonyl (C=O) groups excluding carboxylic acids is 1. The molecule has 1 saturated heterocycles. The molecule has 0 aromatic heterocycles. The van der Waals surface area contributed by atoms with E-state index in [1.807, 2.05) is 0 Å². The van der Waals surface area contributed by atoms with Crippen molar-refractivity contribution in [2.75, 3.05) is 19.8 Å². The van der Waals surface area contributed by atoms with Gasteiger partial charge >= 0.3 is 6.03 Å². The molecule has 1 aliphatic heterocycles. The predicted molar refractivity (Wildman–Crippen MR) is 96.0 cm³/mol. The summed E-state index contributed by atoms with van der Waals surface area (Å²) in [6.45, 7) is 5.93. The summed E-state index contributed by atoms with van der Waals surface area (Å²) in [6, 6.07) is 0.151. The van der Waals surface area contributed by atoms with Gasteiger partial charge < -0.3 is 20.5 Å². The van der Waals surface area contributed by atoms with Gasteiger partial charge in [-0.1, -0.05) is 33.1 Å². The number of nitrogens with one attached hydrogen (secondary N) is 2. The molecule has 3 N–H and O–H groups in total. The van der Waals surface area contributed by atoms with Crippen molar-refractivity contribution in [1.29, 1.82) is 0 Å². The maximum Gasteiger partial charge on any atom is 0.315 e. The molecule has 2 unspecified atom stereocenters. The fourth-order valence-corrected chi connectivity index (χ4v) is 4.32. The quantitative estimate of drug-likeness (QED) is 0.666. The van der Waals surface area contributed by atoms with Crippen LogP contribution in [-0.2, 0) is 4.74 Å². The van der Waals surface area contributed by atoms with E-state index in [0.29, 0.717) is 18.4 Å². The number of rotatable bonds is 7. The van der Waals surface area contributed by atoms with Gasteiger partial charge in [0.2, 0.25) is 0 Å². The SMILES string of the molecule is CC(C)CC(CCO)CNC(=O)NC1CCOC2(CCCCC2)C1. The minimum atomic E-state index is -0.0699. The number of ether oxygens (including phenoxy) is 1. The van der Waals surface area contributed by atoms with Gasteiger partial charge in [0.25, 0.3) is 0 Å². The van der Waals surface area contributed by atoms with Gasteiger partial charge in [-0.15, -0.1) is 0 Å². The van der Waals surface area contributed by atoms with E-state index in [1.54, 1.807) is 0 Å². The first kappa shape index (κ1) is 19.5. The zero-order chi connectivity index (χ0) is 17.4. The van der Waals surface area contributed by atoms with E-state index in [0.717, 1.165) is 45.1 Å². The van der Waals surface area contributed by atoms with E-state index in [2.05, 4.69) is 24.5 Å². The van der Waals surface area contributed by atoms with Crippen LogP contribution in [0, 0.1) is 11.8 Å². The maximum atomic E-state index is 12.3. The van der Waals surface area contributed by atoms with Crippen LogP contribution in [0.5, 0.6) is 0 Å². The lowest BCUT2D eigenvalue weighted by Gasteiger charge is -2.43. The molecular weight excluding hydrogens is 304 g/mol. The van der Waals surface area contributed by atoms with Gasteiger partial charge in [-0.2, -0.15) is 0 Å². The highest BCUT2D eigenvalue weighted by Crippen LogP contribution is 2.38. The monoisotopic (exact) mass is 340 g/mol. The summed E-state index contributed by atoms with van der Waals surface area (Å²) in [5, 5.41) is 15.3. The second kappa shape index (κ2) is 9.62. The largest absolute Gasteiger partial charge is 0.396 e. The number of carbonyl (C=O) groups is 1. The highest BCUT2D eigenvalue weighted by Gasteiger charge is 2.38. The predicted octanol–water partition coefficient (Wildman–Crippen LogP) is 3.21. The van der Waals surface area contributed by atoms with Crippen molar-refractivity contribution in [3.8, 4) is 0 Å². The number of hydrogen-bond acceptors (Lipinski definition) is 3. The number of hydrogen-bond donors (Lipinski definition) is 3. The summed E-state index contributed by atoms with van der Waals surface area (Å²) in [7, 11) is 0. The van der Waals surface area contributed by atoms with Crippen LogP contribution < -0.4 is 10.6 Å². The van der Waals surface area contributed by atoms with Gasteiger partial charge in [-0.3, -0.25) is 0 Å². The lowest BCUT2D eigenvalue weighted by Crippen LogP contribution is -2.52. The molecule has 2 aliphatic rings. The Morgan fingerprint density at radius 1 is 1.29 bits per heavy atom. The van der Waals surface area contributed by atoms with Gasteiger partial charge in [-0.25, -0.2) is 4.79 Å². The lowest BCUT2D eigenvalue weighted by molar-refractivity contribution is -0.107. The van der Waals surface area contributed by atoms with Crippen LogP contribution in [0.3, 0.4) is 0 Å². The topological polar surface area (TPSA) is 70.6 Å². The second-order valence-corrected chi connectivity index (χ2v) is 8.14. The van der Waals surface area contributed by atoms with Crippen LogP contribution in [-0.4, -0.2) is 42.5 Å². The highest BCUT2D eigenvalue weighted by molar-refractivity contribution is 5.74. The van der Waals surface area contributed by atoms with Crippen molar-refractivity contribution >= 4 is 6.03 Å². The van der Waals surface area contributed by atoms with Crippen molar-refractivity contribution < 1.29 is 14.6 Å². The van der Waals surface area contributed by atoms with Crippen molar-refractivity contribution in [2.24, 2.45) is 11.8 Å². The van der Waals surface area contributed by atoms with Gasteiger partial charge in [0.15, 0.2) is 0 Å². The Morgan fingerprint density at radius 3 is 2.71 bits per heavy atom. The molecule has 2 rings (SSSR count). The first-order valence-electron chi connectivity index (χ1n) is 9.82. The molecule has 1 aliphatic carbocycles. The molecule has 0 bridgehead atoms. The van der Waals surface area contributed by atoms with Crippen molar-refractivity contribution in [2.45, 2.75) is 83.3 Å². The molecule has 1 heterocycles. The first-order valence-corrected chi connectivity index (χ1v) is 9.82. The van der Waals surface area contributed by atoms with E-state index in [4.69, 9.17) is 4.74 Å². The van der Waals surface area contributed by atoms with E-state index in [1.165, 1.54) is 19.3 Å². The average molecular weight is 341 g/mol. The fourth-order valence-electron chi connectivity index (χ4n) is 4.32. The van der Waals surface area contributed by atoms with Crippen LogP contribution in [0.4, 0.5) is 4.79 Å². The minimum absolute atomic E-state index is 0.0194. The van der Waals surface area contributed by atoms with E-state index in [-0.39, 0.29) is 24.3 Å². The van der Waals surface area contributed by atoms with E-state index >= 15 is 0 Å². The molecule has 0 aromatic carbocycles. The molecule has 24 heavy (non-hydrogen) atoms. The Hall–Kier alpha value is -0.810. The zero-order valence-electron chi connectivity index (χ0n) is 15.5. The molecule has 0 radical (unpaired) electrons. The number of urea groups is 1. The summed E-state index contributed by atoms with van der Waals surface area (Å²) in [5.74, 6) is 0.924. The molecule has 5 nitrogen and oxygen atoms in total. The van der Waals surface area contributed by atoms with Crippen molar-refractivity contribution in [3.63, 3.8) is 0 Å². The van der Waals surface area contributed by atoms with Crippen LogP contribution in [0.15, 0.2) is 0 Å². The molecule has 1 saturated carbocycles. The van der Waals surface area contributed by atoms with Gasteiger partial charge in [-0.05, 0) is 50.4 Å². The normalized spacial score (nSPS) is 24.8. The van der Waals surface area contributed by atoms with Crippen LogP contribution in [0.2, 0.25) is 0 Å². The first-order chi connectivity index (χ1) is 11.5. The summed E-state index contributed by atoms with van der Waals surface area (Å²) in [6.07, 6.45) is 9.72. The number of aliphatic hydroxyl groups is 1. The average Bonchev–Trinajstić information content (AvgIpc) is 2.53. The third-order valence-corrected chi connectivity index (χ3v) is 5.49. The minimum Gasteiger partial charge on any atom is -0.396 e. The van der Waals surface area contributed by atoms with Crippen molar-refractivity contribution in [3.05, 3.63) is 0 Å². The summed E-state index contributed by atoms with van der Waals surface area (Å²) in [4.78, 5) is 12.3. The molecule has 5 heteroatoms. The lowest BCUT2D eigenvalue weighted by atomic mass is 9.78. The molecule has 140 valence electrons.